The number of rotatable bonds is 6. The minimum Gasteiger partial charge on any atom is -0.302 e. The molecule has 5 heteroatoms. The molecule has 0 N–H and O–H groups in total. The van der Waals surface area contributed by atoms with E-state index in [1.807, 2.05) is 38.1 Å². The van der Waals surface area contributed by atoms with Crippen molar-refractivity contribution in [1.82, 2.24) is 14.8 Å². The number of ketones is 1. The molecular weight excluding hydrogens is 354 g/mol. The van der Waals surface area contributed by atoms with Crippen LogP contribution in [0.4, 0.5) is 0 Å². The lowest BCUT2D eigenvalue weighted by Crippen LogP contribution is -2.15. The fourth-order valence-corrected chi connectivity index (χ4v) is 4.54. The van der Waals surface area contributed by atoms with Crippen LogP contribution in [0.1, 0.15) is 46.2 Å². The summed E-state index contributed by atoms with van der Waals surface area (Å²) in [7, 11) is 0. The number of aromatic nitrogens is 3. The third kappa shape index (κ3) is 3.83. The van der Waals surface area contributed by atoms with Gasteiger partial charge in [-0.25, -0.2) is 0 Å². The van der Waals surface area contributed by atoms with Crippen LogP contribution in [0.2, 0.25) is 0 Å². The van der Waals surface area contributed by atoms with Crippen molar-refractivity contribution in [3.05, 3.63) is 76.6 Å². The molecule has 2 aromatic carbocycles. The van der Waals surface area contributed by atoms with Gasteiger partial charge >= 0.3 is 0 Å². The Morgan fingerprint density at radius 3 is 2.70 bits per heavy atom. The van der Waals surface area contributed by atoms with Gasteiger partial charge in [-0.1, -0.05) is 54.2 Å². The van der Waals surface area contributed by atoms with Crippen molar-refractivity contribution in [2.75, 3.05) is 0 Å². The molecule has 1 aliphatic rings. The third-order valence-corrected chi connectivity index (χ3v) is 6.20. The average Bonchev–Trinajstić information content (AvgIpc) is 3.29. The monoisotopic (exact) mass is 377 g/mol. The van der Waals surface area contributed by atoms with Crippen molar-refractivity contribution in [2.45, 2.75) is 50.1 Å². The van der Waals surface area contributed by atoms with Crippen molar-refractivity contribution in [3.8, 4) is 0 Å². The molecule has 0 saturated carbocycles. The summed E-state index contributed by atoms with van der Waals surface area (Å²) in [5.41, 5.74) is 4.73. The van der Waals surface area contributed by atoms with Gasteiger partial charge in [-0.2, -0.15) is 0 Å². The molecule has 0 radical (unpaired) electrons. The topological polar surface area (TPSA) is 47.8 Å². The van der Waals surface area contributed by atoms with Gasteiger partial charge in [0.15, 0.2) is 10.9 Å². The van der Waals surface area contributed by atoms with Gasteiger partial charge in [-0.05, 0) is 55.9 Å². The summed E-state index contributed by atoms with van der Waals surface area (Å²) in [6.07, 6.45) is 3.41. The lowest BCUT2D eigenvalue weighted by Gasteiger charge is -2.13. The molecule has 1 aliphatic carbocycles. The minimum atomic E-state index is -0.206. The van der Waals surface area contributed by atoms with Crippen LogP contribution in [0.25, 0.3) is 0 Å². The Labute approximate surface area is 164 Å². The molecule has 138 valence electrons. The van der Waals surface area contributed by atoms with Crippen LogP contribution in [0.15, 0.2) is 53.7 Å². The molecule has 0 fully saturated rings. The molecule has 4 nitrogen and oxygen atoms in total. The highest BCUT2D eigenvalue weighted by molar-refractivity contribution is 8.00. The van der Waals surface area contributed by atoms with E-state index in [0.29, 0.717) is 6.54 Å². The number of nitrogens with zero attached hydrogens (tertiary/aromatic N) is 3. The highest BCUT2D eigenvalue weighted by Gasteiger charge is 2.22. The van der Waals surface area contributed by atoms with Crippen molar-refractivity contribution in [2.24, 2.45) is 0 Å². The number of aryl methyl sites for hydroxylation is 3. The fraction of sp³-hybridized carbons (Fsp3) is 0.318. The molecule has 0 amide bonds. The smallest absolute Gasteiger partial charge is 0.192 e. The van der Waals surface area contributed by atoms with Gasteiger partial charge in [-0.15, -0.1) is 10.2 Å². The van der Waals surface area contributed by atoms with E-state index in [-0.39, 0.29) is 11.0 Å². The Hall–Kier alpha value is -2.40. The second-order valence-electron chi connectivity index (χ2n) is 7.06. The zero-order valence-corrected chi connectivity index (χ0v) is 16.5. The van der Waals surface area contributed by atoms with Crippen molar-refractivity contribution < 1.29 is 4.79 Å². The van der Waals surface area contributed by atoms with Gasteiger partial charge in [-0.3, -0.25) is 4.79 Å². The SMILES string of the molecule is Cc1nnc(S[C@H](C)C(=O)c2ccc3c(c2)CCC3)n1Cc1ccccc1. The quantitative estimate of drug-likeness (QED) is 0.469. The lowest BCUT2D eigenvalue weighted by atomic mass is 10.0. The highest BCUT2D eigenvalue weighted by atomic mass is 32.2. The number of benzene rings is 2. The Morgan fingerprint density at radius 1 is 1.11 bits per heavy atom. The summed E-state index contributed by atoms with van der Waals surface area (Å²) >= 11 is 1.49. The third-order valence-electron chi connectivity index (χ3n) is 5.12. The van der Waals surface area contributed by atoms with Crippen LogP contribution in [0.5, 0.6) is 0 Å². The molecule has 1 atom stereocenters. The Morgan fingerprint density at radius 2 is 1.89 bits per heavy atom. The van der Waals surface area contributed by atoms with Crippen molar-refractivity contribution in [3.63, 3.8) is 0 Å². The number of hydrogen-bond donors (Lipinski definition) is 0. The predicted octanol–water partition coefficient (Wildman–Crippen LogP) is 4.49. The maximum atomic E-state index is 12.9. The summed E-state index contributed by atoms with van der Waals surface area (Å²) in [5.74, 6) is 1.01. The van der Waals surface area contributed by atoms with Gasteiger partial charge in [0, 0.05) is 5.56 Å². The first-order chi connectivity index (χ1) is 13.1. The van der Waals surface area contributed by atoms with Crippen LogP contribution in [0.3, 0.4) is 0 Å². The van der Waals surface area contributed by atoms with E-state index in [1.54, 1.807) is 0 Å². The number of hydrogen-bond acceptors (Lipinski definition) is 4. The molecular formula is C22H23N3OS. The first kappa shape index (κ1) is 18.0. The first-order valence-electron chi connectivity index (χ1n) is 9.38. The largest absolute Gasteiger partial charge is 0.302 e. The van der Waals surface area contributed by atoms with E-state index in [1.165, 1.54) is 34.9 Å². The molecule has 1 heterocycles. The number of carbonyl (C=O) groups is 1. The Kier molecular flexibility index (Phi) is 5.12. The van der Waals surface area contributed by atoms with Crippen molar-refractivity contribution in [1.29, 1.82) is 0 Å². The van der Waals surface area contributed by atoms with Crippen LogP contribution in [-0.4, -0.2) is 25.8 Å². The number of carbonyl (C=O) groups excluding carboxylic acids is 1. The van der Waals surface area contributed by atoms with Crippen LogP contribution >= 0.6 is 11.8 Å². The number of fused-ring (bicyclic) bond motifs is 1. The number of Topliss-reactive ketones (excluding diaryl/α,β-unsaturated/α-hetero) is 1. The molecule has 27 heavy (non-hydrogen) atoms. The molecule has 4 rings (SSSR count). The Balaban J connectivity index is 1.51. The summed E-state index contributed by atoms with van der Waals surface area (Å²) in [6, 6.07) is 16.4. The van der Waals surface area contributed by atoms with Crippen molar-refractivity contribution >= 4 is 17.5 Å². The van der Waals surface area contributed by atoms with E-state index < -0.39 is 0 Å². The second-order valence-corrected chi connectivity index (χ2v) is 8.37. The van der Waals surface area contributed by atoms with Gasteiger partial charge in [0.25, 0.3) is 0 Å². The van der Waals surface area contributed by atoms with Gasteiger partial charge in [0.05, 0.1) is 11.8 Å². The molecule has 3 aromatic rings. The maximum Gasteiger partial charge on any atom is 0.192 e. The van der Waals surface area contributed by atoms with Gasteiger partial charge in [0.1, 0.15) is 5.82 Å². The van der Waals surface area contributed by atoms with Crippen LogP contribution in [0, 0.1) is 6.92 Å². The zero-order valence-electron chi connectivity index (χ0n) is 15.7. The maximum absolute atomic E-state index is 12.9. The summed E-state index contributed by atoms with van der Waals surface area (Å²) in [5, 5.41) is 9.12. The van der Waals surface area contributed by atoms with Gasteiger partial charge in [0.2, 0.25) is 0 Å². The highest BCUT2D eigenvalue weighted by Crippen LogP contribution is 2.28. The van der Waals surface area contributed by atoms with Crippen LogP contribution < -0.4 is 0 Å². The molecule has 0 aliphatic heterocycles. The van der Waals surface area contributed by atoms with E-state index in [4.69, 9.17) is 0 Å². The Bertz CT molecular complexity index is 965. The fourth-order valence-electron chi connectivity index (χ4n) is 3.57. The molecule has 0 unspecified atom stereocenters. The number of thioether (sulfide) groups is 1. The molecule has 0 saturated heterocycles. The van der Waals surface area contributed by atoms with E-state index in [2.05, 4.69) is 39.0 Å². The van der Waals surface area contributed by atoms with E-state index in [0.717, 1.165) is 29.4 Å². The predicted molar refractivity (Wildman–Crippen MR) is 108 cm³/mol. The molecule has 1 aromatic heterocycles. The molecule has 0 bridgehead atoms. The standard InChI is InChI=1S/C22H23N3OS/c1-15(21(26)20-12-11-18-9-6-10-19(18)13-20)27-22-24-23-16(2)25(22)14-17-7-4-3-5-8-17/h3-5,7-8,11-13,15H,6,9-10,14H2,1-2H3/t15-/m1/s1. The molecule has 0 spiro atoms. The zero-order chi connectivity index (χ0) is 18.8. The van der Waals surface area contributed by atoms with E-state index in [9.17, 15) is 4.79 Å². The summed E-state index contributed by atoms with van der Waals surface area (Å²) in [4.78, 5) is 12.9. The normalized spacial score (nSPS) is 14.1. The van der Waals surface area contributed by atoms with E-state index >= 15 is 0 Å². The lowest BCUT2D eigenvalue weighted by molar-refractivity contribution is 0.0993. The minimum absolute atomic E-state index is 0.154. The summed E-state index contributed by atoms with van der Waals surface area (Å²) < 4.78 is 2.08. The average molecular weight is 378 g/mol. The second kappa shape index (κ2) is 7.69. The first-order valence-corrected chi connectivity index (χ1v) is 10.3. The van der Waals surface area contributed by atoms with Crippen LogP contribution in [-0.2, 0) is 19.4 Å². The van der Waals surface area contributed by atoms with Gasteiger partial charge < -0.3 is 4.57 Å². The summed E-state index contributed by atoms with van der Waals surface area (Å²) in [6.45, 7) is 4.62.